The maximum Gasteiger partial charge on any atom is 0.271 e. The number of anilines is 1. The van der Waals surface area contributed by atoms with Crippen molar-refractivity contribution in [1.29, 1.82) is 0 Å². The van der Waals surface area contributed by atoms with E-state index in [1.165, 1.54) is 0 Å². The van der Waals surface area contributed by atoms with Crippen LogP contribution in [0.25, 0.3) is 0 Å². The molecule has 1 aliphatic heterocycles. The molecule has 0 bridgehead atoms. The Balaban J connectivity index is 1.88. The summed E-state index contributed by atoms with van der Waals surface area (Å²) in [6, 6.07) is 11.1. The number of hydrogen-bond acceptors (Lipinski definition) is 6. The maximum absolute atomic E-state index is 11.6. The molecule has 7 nitrogen and oxygen atoms in total. The lowest BCUT2D eigenvalue weighted by atomic mass is 10.0. The van der Waals surface area contributed by atoms with Crippen LogP contribution in [0.4, 0.5) is 5.82 Å². The van der Waals surface area contributed by atoms with Crippen molar-refractivity contribution in [2.24, 2.45) is 0 Å². The minimum atomic E-state index is -0.443. The van der Waals surface area contributed by atoms with E-state index in [2.05, 4.69) is 15.5 Å². The van der Waals surface area contributed by atoms with Gasteiger partial charge in [0.1, 0.15) is 5.75 Å². The zero-order chi connectivity index (χ0) is 17.1. The van der Waals surface area contributed by atoms with Gasteiger partial charge in [0.25, 0.3) is 5.91 Å². The van der Waals surface area contributed by atoms with Gasteiger partial charge in [-0.25, -0.2) is 0 Å². The minimum Gasteiger partial charge on any atom is -0.497 e. The van der Waals surface area contributed by atoms with Crippen LogP contribution in [0.2, 0.25) is 0 Å². The molecule has 1 fully saturated rings. The Hall–Kier alpha value is -2.67. The number of aliphatic hydroxyl groups excluding tert-OH is 1. The smallest absolute Gasteiger partial charge is 0.271 e. The van der Waals surface area contributed by atoms with E-state index >= 15 is 0 Å². The molecule has 2 atom stereocenters. The molecular formula is C17H20N4O3. The van der Waals surface area contributed by atoms with Crippen molar-refractivity contribution in [2.75, 3.05) is 25.6 Å². The average Bonchev–Trinajstić information content (AvgIpc) is 3.03. The highest BCUT2D eigenvalue weighted by atomic mass is 16.5. The SMILES string of the molecule is CNC(=O)c1ccc(N2C[C@H](O)C[C@@H]2c2cccc(OC)c2)nn1. The fourth-order valence-electron chi connectivity index (χ4n) is 2.96. The summed E-state index contributed by atoms with van der Waals surface area (Å²) in [7, 11) is 3.18. The third-order valence-corrected chi connectivity index (χ3v) is 4.16. The number of nitrogens with one attached hydrogen (secondary N) is 1. The van der Waals surface area contributed by atoms with Crippen LogP contribution in [-0.4, -0.2) is 48.0 Å². The number of methoxy groups -OCH3 is 1. The molecule has 3 rings (SSSR count). The Morgan fingerprint density at radius 3 is 2.83 bits per heavy atom. The highest BCUT2D eigenvalue weighted by Crippen LogP contribution is 2.36. The number of amides is 1. The van der Waals surface area contributed by atoms with Crippen molar-refractivity contribution in [3.63, 3.8) is 0 Å². The molecule has 7 heteroatoms. The van der Waals surface area contributed by atoms with E-state index in [1.54, 1.807) is 26.3 Å². The lowest BCUT2D eigenvalue weighted by molar-refractivity contribution is 0.0957. The fourth-order valence-corrected chi connectivity index (χ4v) is 2.96. The number of carbonyl (C=O) groups excluding carboxylic acids is 1. The van der Waals surface area contributed by atoms with E-state index in [-0.39, 0.29) is 17.6 Å². The monoisotopic (exact) mass is 328 g/mol. The van der Waals surface area contributed by atoms with Crippen LogP contribution in [0.5, 0.6) is 5.75 Å². The van der Waals surface area contributed by atoms with Gasteiger partial charge >= 0.3 is 0 Å². The molecule has 2 heterocycles. The lowest BCUT2D eigenvalue weighted by Crippen LogP contribution is -2.26. The molecule has 1 aliphatic rings. The van der Waals surface area contributed by atoms with Gasteiger partial charge in [-0.2, -0.15) is 0 Å². The molecule has 126 valence electrons. The van der Waals surface area contributed by atoms with Gasteiger partial charge in [-0.05, 0) is 36.2 Å². The summed E-state index contributed by atoms with van der Waals surface area (Å²) >= 11 is 0. The van der Waals surface area contributed by atoms with E-state index < -0.39 is 6.10 Å². The summed E-state index contributed by atoms with van der Waals surface area (Å²) in [6.07, 6.45) is 0.160. The van der Waals surface area contributed by atoms with Crippen LogP contribution >= 0.6 is 0 Å². The first kappa shape index (κ1) is 16.2. The molecule has 1 aromatic heterocycles. The van der Waals surface area contributed by atoms with Crippen LogP contribution in [0.3, 0.4) is 0 Å². The molecule has 1 saturated heterocycles. The van der Waals surface area contributed by atoms with E-state index in [9.17, 15) is 9.90 Å². The standard InChI is InChI=1S/C17H20N4O3/c1-18-17(23)14-6-7-16(20-19-14)21-10-12(22)9-15(21)11-4-3-5-13(8-11)24-2/h3-8,12,15,22H,9-10H2,1-2H3,(H,18,23)/t12-,15-/m1/s1. The molecule has 2 aromatic rings. The Labute approximate surface area is 140 Å². The van der Waals surface area contributed by atoms with Crippen LogP contribution in [-0.2, 0) is 0 Å². The van der Waals surface area contributed by atoms with Gasteiger partial charge in [-0.1, -0.05) is 12.1 Å². The van der Waals surface area contributed by atoms with Gasteiger partial charge in [-0.3, -0.25) is 4.79 Å². The maximum atomic E-state index is 11.6. The molecule has 24 heavy (non-hydrogen) atoms. The molecular weight excluding hydrogens is 308 g/mol. The molecule has 0 saturated carbocycles. The summed E-state index contributed by atoms with van der Waals surface area (Å²) in [5.41, 5.74) is 1.31. The molecule has 0 aliphatic carbocycles. The van der Waals surface area contributed by atoms with Crippen molar-refractivity contribution in [3.05, 3.63) is 47.7 Å². The number of aromatic nitrogens is 2. The van der Waals surface area contributed by atoms with Gasteiger partial charge in [0.15, 0.2) is 11.5 Å². The first-order valence-electron chi connectivity index (χ1n) is 7.77. The van der Waals surface area contributed by atoms with Crippen molar-refractivity contribution < 1.29 is 14.6 Å². The van der Waals surface area contributed by atoms with E-state index in [0.29, 0.717) is 18.8 Å². The van der Waals surface area contributed by atoms with Gasteiger partial charge in [0.05, 0.1) is 19.3 Å². The van der Waals surface area contributed by atoms with Crippen LogP contribution in [0.1, 0.15) is 28.5 Å². The molecule has 0 radical (unpaired) electrons. The van der Waals surface area contributed by atoms with Gasteiger partial charge in [0.2, 0.25) is 0 Å². The lowest BCUT2D eigenvalue weighted by Gasteiger charge is -2.25. The number of rotatable bonds is 4. The second kappa shape index (κ2) is 6.84. The number of β-amino-alcohol motifs (C(OH)–C–C–N with tert-alkyl or cyclic N) is 1. The number of carbonyl (C=O) groups is 1. The second-order valence-corrected chi connectivity index (χ2v) is 5.69. The summed E-state index contributed by atoms with van der Waals surface area (Å²) < 4.78 is 5.28. The van der Waals surface area contributed by atoms with Gasteiger partial charge in [-0.15, -0.1) is 10.2 Å². The summed E-state index contributed by atoms with van der Waals surface area (Å²) in [5, 5.41) is 20.8. The van der Waals surface area contributed by atoms with Crippen molar-refractivity contribution in [3.8, 4) is 5.75 Å². The number of benzene rings is 1. The molecule has 2 N–H and O–H groups in total. The topological polar surface area (TPSA) is 87.6 Å². The third-order valence-electron chi connectivity index (χ3n) is 4.16. The van der Waals surface area contributed by atoms with Crippen LogP contribution < -0.4 is 15.0 Å². The van der Waals surface area contributed by atoms with Gasteiger partial charge in [0, 0.05) is 13.6 Å². The zero-order valence-electron chi connectivity index (χ0n) is 13.6. The Bertz CT molecular complexity index is 720. The van der Waals surface area contributed by atoms with E-state index in [0.717, 1.165) is 11.3 Å². The molecule has 0 spiro atoms. The summed E-state index contributed by atoms with van der Waals surface area (Å²) in [4.78, 5) is 13.6. The highest BCUT2D eigenvalue weighted by Gasteiger charge is 2.33. The second-order valence-electron chi connectivity index (χ2n) is 5.69. The Morgan fingerprint density at radius 2 is 2.17 bits per heavy atom. The van der Waals surface area contributed by atoms with Crippen molar-refractivity contribution >= 4 is 11.7 Å². The van der Waals surface area contributed by atoms with E-state index in [4.69, 9.17) is 4.74 Å². The number of ether oxygens (including phenoxy) is 1. The highest BCUT2D eigenvalue weighted by molar-refractivity contribution is 5.91. The van der Waals surface area contributed by atoms with E-state index in [1.807, 2.05) is 29.2 Å². The number of nitrogens with zero attached hydrogens (tertiary/aromatic N) is 3. The Kier molecular flexibility index (Phi) is 4.61. The normalized spacial score (nSPS) is 20.0. The van der Waals surface area contributed by atoms with Crippen LogP contribution in [0, 0.1) is 0 Å². The van der Waals surface area contributed by atoms with Gasteiger partial charge < -0.3 is 20.1 Å². The van der Waals surface area contributed by atoms with Crippen molar-refractivity contribution in [1.82, 2.24) is 15.5 Å². The first-order valence-corrected chi connectivity index (χ1v) is 7.77. The predicted octanol–water partition coefficient (Wildman–Crippen LogP) is 1.16. The summed E-state index contributed by atoms with van der Waals surface area (Å²) in [5.74, 6) is 1.13. The predicted molar refractivity (Wildman–Crippen MR) is 89.1 cm³/mol. The average molecular weight is 328 g/mol. The first-order chi connectivity index (χ1) is 11.6. The molecule has 1 aromatic carbocycles. The largest absolute Gasteiger partial charge is 0.497 e. The fraction of sp³-hybridized carbons (Fsp3) is 0.353. The Morgan fingerprint density at radius 1 is 1.33 bits per heavy atom. The minimum absolute atomic E-state index is 0.0183. The number of hydrogen-bond donors (Lipinski definition) is 2. The van der Waals surface area contributed by atoms with Crippen LogP contribution in [0.15, 0.2) is 36.4 Å². The molecule has 1 amide bonds. The third kappa shape index (κ3) is 3.16. The number of aliphatic hydroxyl groups is 1. The summed E-state index contributed by atoms with van der Waals surface area (Å²) in [6.45, 7) is 0.468. The quantitative estimate of drug-likeness (QED) is 0.876. The van der Waals surface area contributed by atoms with Crippen molar-refractivity contribution in [2.45, 2.75) is 18.6 Å². The zero-order valence-corrected chi connectivity index (χ0v) is 13.6. The molecule has 0 unspecified atom stereocenters.